The Balaban J connectivity index is 1.41. The molecule has 5 rings (SSSR count). The zero-order valence-electron chi connectivity index (χ0n) is 19.4. The van der Waals surface area contributed by atoms with Gasteiger partial charge in [-0.2, -0.15) is 0 Å². The summed E-state index contributed by atoms with van der Waals surface area (Å²) >= 11 is 1.41. The van der Waals surface area contributed by atoms with Crippen molar-refractivity contribution in [1.82, 2.24) is 19.7 Å². The Morgan fingerprint density at radius 1 is 0.914 bits per heavy atom. The lowest BCUT2D eigenvalue weighted by atomic mass is 10.1. The predicted octanol–water partition coefficient (Wildman–Crippen LogP) is 5.69. The van der Waals surface area contributed by atoms with Crippen molar-refractivity contribution in [2.45, 2.75) is 18.6 Å². The van der Waals surface area contributed by atoms with Crippen LogP contribution in [0.4, 0.5) is 5.69 Å². The van der Waals surface area contributed by atoms with E-state index in [1.165, 1.54) is 11.8 Å². The first-order valence-corrected chi connectivity index (χ1v) is 12.5. The van der Waals surface area contributed by atoms with E-state index < -0.39 is 0 Å². The highest BCUT2D eigenvalue weighted by Crippen LogP contribution is 2.29. The molecule has 6 nitrogen and oxygen atoms in total. The number of carbonyl (C=O) groups is 1. The number of aromatic nitrogens is 4. The van der Waals surface area contributed by atoms with E-state index >= 15 is 0 Å². The molecule has 0 bridgehead atoms. The van der Waals surface area contributed by atoms with Gasteiger partial charge in [-0.15, -0.1) is 10.2 Å². The molecule has 0 saturated carbocycles. The molecule has 0 radical (unpaired) electrons. The number of thioether (sulfide) groups is 1. The maximum absolute atomic E-state index is 13.4. The van der Waals surface area contributed by atoms with Crippen LogP contribution in [0.15, 0.2) is 102 Å². The Labute approximate surface area is 208 Å². The summed E-state index contributed by atoms with van der Waals surface area (Å²) in [5.41, 5.74) is 2.95. The van der Waals surface area contributed by atoms with Gasteiger partial charge in [-0.05, 0) is 36.1 Å². The largest absolute Gasteiger partial charge is 0.311 e. The fourth-order valence-electron chi connectivity index (χ4n) is 4.14. The van der Waals surface area contributed by atoms with Gasteiger partial charge in [-0.1, -0.05) is 78.5 Å². The van der Waals surface area contributed by atoms with Crippen LogP contribution in [0.5, 0.6) is 0 Å². The molecule has 0 saturated heterocycles. The Morgan fingerprint density at radius 2 is 1.71 bits per heavy atom. The van der Waals surface area contributed by atoms with Crippen LogP contribution in [-0.4, -0.2) is 38.0 Å². The third-order valence-corrected chi connectivity index (χ3v) is 6.77. The Morgan fingerprint density at radius 3 is 2.51 bits per heavy atom. The number of hydrogen-bond acceptors (Lipinski definition) is 5. The lowest BCUT2D eigenvalue weighted by Crippen LogP contribution is -2.32. The molecule has 5 aromatic rings. The van der Waals surface area contributed by atoms with Crippen molar-refractivity contribution in [2.24, 2.45) is 0 Å². The fraction of sp³-hybridized carbons (Fsp3) is 0.143. The molecular weight excluding hydrogens is 454 g/mol. The van der Waals surface area contributed by atoms with Gasteiger partial charge in [0, 0.05) is 29.9 Å². The summed E-state index contributed by atoms with van der Waals surface area (Å²) in [7, 11) is 0. The summed E-state index contributed by atoms with van der Waals surface area (Å²) in [5.74, 6) is 1.03. The van der Waals surface area contributed by atoms with Crippen LogP contribution >= 0.6 is 11.8 Å². The van der Waals surface area contributed by atoms with Crippen LogP contribution in [0.3, 0.4) is 0 Å². The van der Waals surface area contributed by atoms with Crippen LogP contribution < -0.4 is 4.90 Å². The number of nitrogens with zero attached hydrogens (tertiary/aromatic N) is 5. The second-order valence-corrected chi connectivity index (χ2v) is 8.99. The molecular formula is C28H25N5OS. The summed E-state index contributed by atoms with van der Waals surface area (Å²) in [6.45, 7) is 3.20. The summed E-state index contributed by atoms with van der Waals surface area (Å²) in [5, 5.41) is 11.8. The normalized spacial score (nSPS) is 11.0. The molecule has 35 heavy (non-hydrogen) atoms. The monoisotopic (exact) mass is 479 g/mol. The second-order valence-electron chi connectivity index (χ2n) is 8.04. The van der Waals surface area contributed by atoms with Crippen molar-refractivity contribution in [3.05, 3.63) is 103 Å². The quantitative estimate of drug-likeness (QED) is 0.268. The van der Waals surface area contributed by atoms with E-state index in [0.29, 0.717) is 18.2 Å². The zero-order chi connectivity index (χ0) is 24.0. The topological polar surface area (TPSA) is 63.9 Å². The third-order valence-electron chi connectivity index (χ3n) is 5.82. The van der Waals surface area contributed by atoms with Gasteiger partial charge in [0.1, 0.15) is 0 Å². The molecule has 0 unspecified atom stereocenters. The predicted molar refractivity (Wildman–Crippen MR) is 141 cm³/mol. The van der Waals surface area contributed by atoms with Crippen LogP contribution in [0.2, 0.25) is 0 Å². The summed E-state index contributed by atoms with van der Waals surface area (Å²) in [4.78, 5) is 19.5. The Kier molecular flexibility index (Phi) is 6.86. The van der Waals surface area contributed by atoms with E-state index in [-0.39, 0.29) is 11.7 Å². The van der Waals surface area contributed by atoms with Gasteiger partial charge < -0.3 is 4.90 Å². The van der Waals surface area contributed by atoms with E-state index in [4.69, 9.17) is 0 Å². The summed E-state index contributed by atoms with van der Waals surface area (Å²) in [6.07, 6.45) is 3.52. The smallest absolute Gasteiger partial charge is 0.237 e. The lowest BCUT2D eigenvalue weighted by molar-refractivity contribution is -0.116. The first-order valence-electron chi connectivity index (χ1n) is 11.5. The maximum atomic E-state index is 13.4. The van der Waals surface area contributed by atoms with E-state index in [9.17, 15) is 4.79 Å². The average Bonchev–Trinajstić information content (AvgIpc) is 3.31. The molecule has 0 aliphatic rings. The number of carbonyl (C=O) groups excluding carboxylic acids is 1. The van der Waals surface area contributed by atoms with Crippen LogP contribution in [0, 0.1) is 0 Å². The first-order chi connectivity index (χ1) is 17.2. The van der Waals surface area contributed by atoms with Crippen LogP contribution in [-0.2, 0) is 11.3 Å². The van der Waals surface area contributed by atoms with Gasteiger partial charge >= 0.3 is 0 Å². The fourth-order valence-corrected chi connectivity index (χ4v) is 4.96. The van der Waals surface area contributed by atoms with Gasteiger partial charge in [0.15, 0.2) is 11.0 Å². The van der Waals surface area contributed by atoms with Crippen molar-refractivity contribution in [2.75, 3.05) is 17.2 Å². The molecule has 0 N–H and O–H groups in total. The number of anilines is 1. The lowest BCUT2D eigenvalue weighted by Gasteiger charge is -2.22. The minimum atomic E-state index is 0.0334. The summed E-state index contributed by atoms with van der Waals surface area (Å²) < 4.78 is 2.05. The van der Waals surface area contributed by atoms with Gasteiger partial charge in [0.05, 0.1) is 18.0 Å². The van der Waals surface area contributed by atoms with E-state index in [1.54, 1.807) is 12.4 Å². The molecule has 1 amide bonds. The SMILES string of the molecule is CCN(C(=O)CSc1nnc(-c2cccnc2)n1Cc1ccccc1)c1cccc2ccccc12. The van der Waals surface area contributed by atoms with Crippen molar-refractivity contribution in [1.29, 1.82) is 0 Å². The van der Waals surface area contributed by atoms with Gasteiger partial charge in [-0.3, -0.25) is 14.3 Å². The van der Waals surface area contributed by atoms with Crippen molar-refractivity contribution in [3.63, 3.8) is 0 Å². The number of rotatable bonds is 8. The third kappa shape index (κ3) is 4.95. The van der Waals surface area contributed by atoms with Crippen LogP contribution in [0.1, 0.15) is 12.5 Å². The minimum absolute atomic E-state index is 0.0334. The molecule has 0 atom stereocenters. The van der Waals surface area contributed by atoms with Gasteiger partial charge in [0.25, 0.3) is 0 Å². The molecule has 2 aromatic heterocycles. The number of benzene rings is 3. The number of amides is 1. The minimum Gasteiger partial charge on any atom is -0.311 e. The van der Waals surface area contributed by atoms with E-state index in [0.717, 1.165) is 33.4 Å². The highest BCUT2D eigenvalue weighted by atomic mass is 32.2. The highest BCUT2D eigenvalue weighted by molar-refractivity contribution is 7.99. The van der Waals surface area contributed by atoms with Crippen molar-refractivity contribution < 1.29 is 4.79 Å². The van der Waals surface area contributed by atoms with Gasteiger partial charge in [-0.25, -0.2) is 0 Å². The van der Waals surface area contributed by atoms with E-state index in [2.05, 4.69) is 50.1 Å². The molecule has 0 aliphatic carbocycles. The molecule has 0 fully saturated rings. The number of fused-ring (bicyclic) bond motifs is 1. The molecule has 174 valence electrons. The first kappa shape index (κ1) is 22.8. The average molecular weight is 480 g/mol. The second kappa shape index (κ2) is 10.5. The zero-order valence-corrected chi connectivity index (χ0v) is 20.2. The molecule has 2 heterocycles. The highest BCUT2D eigenvalue weighted by Gasteiger charge is 2.20. The maximum Gasteiger partial charge on any atom is 0.237 e. The number of hydrogen-bond donors (Lipinski definition) is 0. The number of pyridine rings is 1. The molecule has 7 heteroatoms. The van der Waals surface area contributed by atoms with Crippen molar-refractivity contribution >= 4 is 34.1 Å². The molecule has 0 aliphatic heterocycles. The molecule has 3 aromatic carbocycles. The van der Waals surface area contributed by atoms with Gasteiger partial charge in [0.2, 0.25) is 5.91 Å². The Hall–Kier alpha value is -3.97. The standard InChI is InChI=1S/C28H25N5OS/c1-2-32(25-16-8-13-22-12-6-7-15-24(22)25)26(34)20-35-28-31-30-27(23-14-9-17-29-18-23)33(28)19-21-10-4-3-5-11-21/h3-18H,2,19-20H2,1H3. The van der Waals surface area contributed by atoms with Crippen molar-refractivity contribution in [3.8, 4) is 11.4 Å². The summed E-state index contributed by atoms with van der Waals surface area (Å²) in [6, 6.07) is 28.3. The Bertz CT molecular complexity index is 1430. The van der Waals surface area contributed by atoms with Crippen LogP contribution in [0.25, 0.3) is 22.2 Å². The van der Waals surface area contributed by atoms with E-state index in [1.807, 2.05) is 66.4 Å². The molecule has 0 spiro atoms.